The minimum Gasteiger partial charge on any atom is -1.00 e. The van der Waals surface area contributed by atoms with Crippen molar-refractivity contribution in [1.29, 1.82) is 0 Å². The zero-order chi connectivity index (χ0) is 20.9. The molecule has 170 valence electrons. The molecule has 2 heterocycles. The average molecular weight is 540 g/mol. The zero-order valence-corrected chi connectivity index (χ0v) is 27.6. The van der Waals surface area contributed by atoms with Crippen molar-refractivity contribution in [3.8, 4) is 0 Å². The van der Waals surface area contributed by atoms with Crippen LogP contribution in [0, 0.1) is 11.8 Å². The maximum absolute atomic E-state index is 8.64. The number of likely N-dealkylation sites (tertiary alicyclic amines) is 1. The van der Waals surface area contributed by atoms with Gasteiger partial charge >= 0.3 is 103 Å². The van der Waals surface area contributed by atoms with Gasteiger partial charge in [0.1, 0.15) is 0 Å². The van der Waals surface area contributed by atoms with Crippen LogP contribution in [0.5, 0.6) is 0 Å². The van der Waals surface area contributed by atoms with E-state index in [1.165, 1.54) is 96.9 Å². The third kappa shape index (κ3) is 31.5. The molecule has 4 rings (SSSR count). The molecule has 0 amide bonds. The maximum Gasteiger partial charge on any atom is 1.00 e. The summed E-state index contributed by atoms with van der Waals surface area (Å²) in [5, 5.41) is 11.9. The summed E-state index contributed by atoms with van der Waals surface area (Å²) in [4.78, 5) is 13.9. The van der Waals surface area contributed by atoms with Gasteiger partial charge in [-0.25, -0.2) is 0 Å². The number of carbonyl (C=O) groups excluding carboxylic acids is 1. The second-order valence-corrected chi connectivity index (χ2v) is 8.62. The summed E-state index contributed by atoms with van der Waals surface area (Å²) >= 11 is 14.9. The Bertz CT molecular complexity index is 329. The van der Waals surface area contributed by atoms with Gasteiger partial charge in [0.2, 0.25) is 0 Å². The minimum absolute atomic E-state index is 0. The Morgan fingerprint density at radius 2 is 1.33 bits per heavy atom. The first-order valence-corrected chi connectivity index (χ1v) is 12.1. The Morgan fingerprint density at radius 3 is 1.57 bits per heavy atom. The minimum atomic E-state index is -0.181. The molecule has 0 unspecified atom stereocenters. The fourth-order valence-corrected chi connectivity index (χ4v) is 3.19. The third-order valence-electron chi connectivity index (χ3n) is 4.82. The molecule has 2 saturated heterocycles. The van der Waals surface area contributed by atoms with Gasteiger partial charge in [-0.1, -0.05) is 12.8 Å². The largest absolute Gasteiger partial charge is 1.00 e. The van der Waals surface area contributed by atoms with E-state index < -0.39 is 0 Å². The summed E-state index contributed by atoms with van der Waals surface area (Å²) in [6, 6.07) is 0. The third-order valence-corrected chi connectivity index (χ3v) is 5.26. The predicted octanol–water partition coefficient (Wildman–Crippen LogP) is -1.75. The van der Waals surface area contributed by atoms with E-state index in [0.717, 1.165) is 17.7 Å². The smallest absolute Gasteiger partial charge is 1.00 e. The molecule has 0 spiro atoms. The maximum atomic E-state index is 8.64. The van der Waals surface area contributed by atoms with E-state index in [1.54, 1.807) is 0 Å². The van der Waals surface area contributed by atoms with Gasteiger partial charge in [0.25, 0.3) is 6.47 Å². The van der Waals surface area contributed by atoms with Crippen molar-refractivity contribution >= 4 is 41.3 Å². The van der Waals surface area contributed by atoms with Crippen LogP contribution in [0.2, 0.25) is 0 Å². The van der Waals surface area contributed by atoms with Crippen molar-refractivity contribution in [3.05, 3.63) is 0 Å². The van der Waals surface area contributed by atoms with E-state index in [0.29, 0.717) is 0 Å². The number of carbonyl (C=O) groups is 1. The number of nitrogens with zero attached hydrogens (tertiary/aromatic N) is 1. The second-order valence-electron chi connectivity index (χ2n) is 7.51. The van der Waals surface area contributed by atoms with Crippen LogP contribution < -0.4 is 113 Å². The van der Waals surface area contributed by atoms with Gasteiger partial charge in [0.15, 0.2) is 0 Å². The van der Waals surface area contributed by atoms with Crippen molar-refractivity contribution in [2.45, 2.75) is 64.2 Å². The molecular formula is C20H39Cl3K2N2O3. The summed E-state index contributed by atoms with van der Waals surface area (Å²) in [5.74, 6) is 2.88. The van der Waals surface area contributed by atoms with Crippen molar-refractivity contribution in [1.82, 2.24) is 10.2 Å². The van der Waals surface area contributed by atoms with Crippen LogP contribution in [0.15, 0.2) is 0 Å². The Kier molecular flexibility index (Phi) is 38.7. The number of hydrogen-bond donors (Lipinski definition) is 1. The quantitative estimate of drug-likeness (QED) is 0.151. The van der Waals surface area contributed by atoms with Gasteiger partial charge in [-0.2, -0.15) is 0 Å². The number of nitrogens with one attached hydrogen (secondary N) is 1. The second kappa shape index (κ2) is 30.5. The van der Waals surface area contributed by atoms with E-state index in [1.807, 2.05) is 0 Å². The van der Waals surface area contributed by atoms with Crippen LogP contribution in [0.4, 0.5) is 0 Å². The van der Waals surface area contributed by atoms with Crippen molar-refractivity contribution < 1.29 is 119 Å². The molecule has 0 radical (unpaired) electrons. The standard InChI is InChI=1S/C9H17N.C5H11N.C4H7Cl.CH2Cl2.CH2O3.2K.H/c1-2-6-10(7-3-1)8-9-4-5-9;1-2-4-6-5-3-1;5-3-4-1-2-4;2-1-3;2-1-4-3;;;/h9H,1-8H2;6H,1-5H2;4H,1-3H2;1H2;1,3H;;;/q;;;;;2*+1;-1/p-1. The predicted molar refractivity (Wildman–Crippen MR) is 118 cm³/mol. The summed E-state index contributed by atoms with van der Waals surface area (Å²) in [6.07, 6.45) is 14.4. The molecule has 0 aromatic heterocycles. The molecule has 0 aromatic rings. The van der Waals surface area contributed by atoms with E-state index in [9.17, 15) is 0 Å². The number of alkyl halides is 3. The monoisotopic (exact) mass is 538 g/mol. The summed E-state index contributed by atoms with van der Waals surface area (Å²) in [7, 11) is 0. The Hall–Kier alpha value is 3.49. The van der Waals surface area contributed by atoms with Crippen molar-refractivity contribution in [2.24, 2.45) is 11.8 Å². The molecule has 4 fully saturated rings. The van der Waals surface area contributed by atoms with E-state index in [-0.39, 0.29) is 116 Å². The summed E-state index contributed by atoms with van der Waals surface area (Å²) in [5.41, 5.74) is 0. The van der Waals surface area contributed by atoms with Crippen LogP contribution in [0.3, 0.4) is 0 Å². The Balaban J connectivity index is -0.000000154. The normalized spacial score (nSPS) is 19.6. The van der Waals surface area contributed by atoms with E-state index >= 15 is 0 Å². The molecule has 0 aromatic carbocycles. The van der Waals surface area contributed by atoms with Gasteiger partial charge in [0.05, 0.1) is 5.34 Å². The number of piperidine rings is 2. The number of hydrogen-bond acceptors (Lipinski definition) is 5. The molecule has 0 atom stereocenters. The van der Waals surface area contributed by atoms with Crippen LogP contribution in [0.25, 0.3) is 0 Å². The van der Waals surface area contributed by atoms with Gasteiger partial charge in [0, 0.05) is 12.4 Å². The number of rotatable bonds is 4. The number of halogens is 3. The van der Waals surface area contributed by atoms with Crippen LogP contribution in [-0.2, 0) is 9.68 Å². The zero-order valence-electron chi connectivity index (χ0n) is 20.1. The van der Waals surface area contributed by atoms with Crippen LogP contribution in [-0.4, -0.2) is 55.3 Å². The molecule has 0 bridgehead atoms. The van der Waals surface area contributed by atoms with E-state index in [4.69, 9.17) is 44.9 Å². The summed E-state index contributed by atoms with van der Waals surface area (Å²) in [6.45, 7) is 6.51. The van der Waals surface area contributed by atoms with Gasteiger partial charge in [-0.15, -0.1) is 34.8 Å². The van der Waals surface area contributed by atoms with Crippen LogP contribution in [0.1, 0.15) is 65.6 Å². The van der Waals surface area contributed by atoms with E-state index in [2.05, 4.69) is 15.1 Å². The average Bonchev–Trinajstić information content (AvgIpc) is 3.67. The first-order valence-electron chi connectivity index (χ1n) is 10.5. The fourth-order valence-electron chi connectivity index (χ4n) is 2.88. The fraction of sp³-hybridized carbons (Fsp3) is 0.950. The van der Waals surface area contributed by atoms with Gasteiger partial charge in [-0.05, 0) is 89.4 Å². The molecule has 2 aliphatic carbocycles. The van der Waals surface area contributed by atoms with Gasteiger partial charge in [-0.3, -0.25) is 4.79 Å². The first kappa shape index (κ1) is 38.0. The molecular weight excluding hydrogens is 501 g/mol. The molecule has 1 N–H and O–H groups in total. The van der Waals surface area contributed by atoms with Crippen molar-refractivity contribution in [2.75, 3.05) is 43.9 Å². The summed E-state index contributed by atoms with van der Waals surface area (Å²) < 4.78 is 0. The van der Waals surface area contributed by atoms with Crippen molar-refractivity contribution in [3.63, 3.8) is 0 Å². The Labute approximate surface area is 285 Å². The van der Waals surface area contributed by atoms with Gasteiger partial charge < -0.3 is 21.8 Å². The topological polar surface area (TPSA) is 64.6 Å². The molecule has 10 heteroatoms. The molecule has 30 heavy (non-hydrogen) atoms. The molecule has 2 saturated carbocycles. The molecule has 5 nitrogen and oxygen atoms in total. The first-order chi connectivity index (χ1) is 13.7. The molecule has 2 aliphatic heterocycles. The van der Waals surface area contributed by atoms with Crippen LogP contribution >= 0.6 is 34.8 Å². The SMILES string of the molecule is C1CCN(CC2CC2)CC1.C1CCNCC1.ClCC1CC1.ClCCl.O=CO[O-].[H-].[K+].[K+]. The Morgan fingerprint density at radius 1 is 0.900 bits per heavy atom. The molecule has 4 aliphatic rings.